The first kappa shape index (κ1) is 15.3. The predicted molar refractivity (Wildman–Crippen MR) is 81.2 cm³/mol. The maximum Gasteiger partial charge on any atom is 0.280 e. The molecule has 0 saturated heterocycles. The number of nitrogens with two attached hydrogens (primary N) is 1. The molecular formula is C14H23N3O2S. The van der Waals surface area contributed by atoms with Gasteiger partial charge in [0.05, 0.1) is 0 Å². The van der Waals surface area contributed by atoms with Gasteiger partial charge in [-0.15, -0.1) is 0 Å². The molecule has 1 saturated carbocycles. The maximum atomic E-state index is 12.4. The van der Waals surface area contributed by atoms with Crippen LogP contribution in [0.5, 0.6) is 0 Å². The van der Waals surface area contributed by atoms with E-state index in [9.17, 15) is 8.42 Å². The van der Waals surface area contributed by atoms with Crippen LogP contribution in [-0.4, -0.2) is 25.3 Å². The van der Waals surface area contributed by atoms with E-state index in [-0.39, 0.29) is 6.04 Å². The van der Waals surface area contributed by atoms with E-state index in [1.807, 2.05) is 26.0 Å². The van der Waals surface area contributed by atoms with E-state index in [0.717, 1.165) is 18.4 Å². The Balaban J connectivity index is 2.08. The fraction of sp³-hybridized carbons (Fsp3) is 0.571. The van der Waals surface area contributed by atoms with Crippen molar-refractivity contribution in [2.75, 3.05) is 12.3 Å². The average molecular weight is 297 g/mol. The summed E-state index contributed by atoms with van der Waals surface area (Å²) in [6.07, 6.45) is 1.88. The number of rotatable bonds is 7. The van der Waals surface area contributed by atoms with Crippen LogP contribution < -0.4 is 10.5 Å². The molecule has 20 heavy (non-hydrogen) atoms. The highest BCUT2D eigenvalue weighted by Gasteiger charge is 2.37. The third-order valence-corrected chi connectivity index (χ3v) is 4.83. The minimum absolute atomic E-state index is 0.136. The van der Waals surface area contributed by atoms with Gasteiger partial charge in [-0.1, -0.05) is 26.0 Å². The SMILES string of the molecule is CC(C)CNS(=O)(=O)N(Cc1ccc(N)cc1)C1CC1. The molecule has 1 fully saturated rings. The molecule has 0 radical (unpaired) electrons. The van der Waals surface area contributed by atoms with Gasteiger partial charge in [-0.25, -0.2) is 4.72 Å². The molecule has 0 aliphatic heterocycles. The lowest BCUT2D eigenvalue weighted by molar-refractivity contribution is 0.388. The summed E-state index contributed by atoms with van der Waals surface area (Å²) in [7, 11) is -3.41. The van der Waals surface area contributed by atoms with Gasteiger partial charge < -0.3 is 5.73 Å². The molecule has 5 nitrogen and oxygen atoms in total. The topological polar surface area (TPSA) is 75.4 Å². The van der Waals surface area contributed by atoms with Crippen LogP contribution in [0.3, 0.4) is 0 Å². The largest absolute Gasteiger partial charge is 0.399 e. The number of nitrogen functional groups attached to an aromatic ring is 1. The van der Waals surface area contributed by atoms with Gasteiger partial charge in [0.1, 0.15) is 0 Å². The van der Waals surface area contributed by atoms with Gasteiger partial charge in [-0.05, 0) is 36.5 Å². The summed E-state index contributed by atoms with van der Waals surface area (Å²) >= 11 is 0. The first-order valence-electron chi connectivity index (χ1n) is 6.99. The molecule has 1 aliphatic carbocycles. The standard InChI is InChI=1S/C14H23N3O2S/c1-11(2)9-16-20(18,19)17(14-7-8-14)10-12-3-5-13(15)6-4-12/h3-6,11,14,16H,7-10,15H2,1-2H3. The van der Waals surface area contributed by atoms with Gasteiger partial charge in [0.15, 0.2) is 0 Å². The van der Waals surface area contributed by atoms with Gasteiger partial charge >= 0.3 is 0 Å². The van der Waals surface area contributed by atoms with Crippen molar-refractivity contribution in [1.29, 1.82) is 0 Å². The van der Waals surface area contributed by atoms with Gasteiger partial charge in [0.25, 0.3) is 10.2 Å². The highest BCUT2D eigenvalue weighted by atomic mass is 32.2. The molecule has 0 spiro atoms. The van der Waals surface area contributed by atoms with Crippen LogP contribution >= 0.6 is 0 Å². The van der Waals surface area contributed by atoms with Crippen LogP contribution in [0.25, 0.3) is 0 Å². The van der Waals surface area contributed by atoms with Crippen molar-refractivity contribution in [3.63, 3.8) is 0 Å². The molecule has 0 atom stereocenters. The molecule has 1 aromatic rings. The van der Waals surface area contributed by atoms with E-state index >= 15 is 0 Å². The van der Waals surface area contributed by atoms with Crippen LogP contribution in [0.2, 0.25) is 0 Å². The van der Waals surface area contributed by atoms with Crippen molar-refractivity contribution in [3.8, 4) is 0 Å². The molecular weight excluding hydrogens is 274 g/mol. The fourth-order valence-electron chi connectivity index (χ4n) is 1.93. The Labute approximate surface area is 121 Å². The molecule has 0 heterocycles. The first-order chi connectivity index (χ1) is 9.38. The summed E-state index contributed by atoms with van der Waals surface area (Å²) in [4.78, 5) is 0. The lowest BCUT2D eigenvalue weighted by Crippen LogP contribution is -2.42. The van der Waals surface area contributed by atoms with E-state index in [2.05, 4.69) is 4.72 Å². The van der Waals surface area contributed by atoms with E-state index < -0.39 is 10.2 Å². The number of anilines is 1. The second-order valence-corrected chi connectivity index (χ2v) is 7.47. The molecule has 0 unspecified atom stereocenters. The molecule has 0 bridgehead atoms. The number of nitrogens with one attached hydrogen (secondary N) is 1. The van der Waals surface area contributed by atoms with Crippen LogP contribution in [0.1, 0.15) is 32.3 Å². The molecule has 112 valence electrons. The molecule has 1 aromatic carbocycles. The van der Waals surface area contributed by atoms with Crippen LogP contribution in [-0.2, 0) is 16.8 Å². The quantitative estimate of drug-likeness (QED) is 0.753. The zero-order valence-electron chi connectivity index (χ0n) is 12.0. The Morgan fingerprint density at radius 2 is 1.90 bits per heavy atom. The fourth-order valence-corrected chi connectivity index (χ4v) is 3.56. The van der Waals surface area contributed by atoms with E-state index in [0.29, 0.717) is 24.7 Å². The second-order valence-electron chi connectivity index (χ2n) is 5.77. The molecule has 3 N–H and O–H groups in total. The highest BCUT2D eigenvalue weighted by molar-refractivity contribution is 7.87. The second kappa shape index (κ2) is 6.11. The van der Waals surface area contributed by atoms with Gasteiger partial charge in [0, 0.05) is 24.8 Å². The Bertz CT molecular complexity index is 536. The number of benzene rings is 1. The van der Waals surface area contributed by atoms with Crippen molar-refractivity contribution in [3.05, 3.63) is 29.8 Å². The van der Waals surface area contributed by atoms with Crippen molar-refractivity contribution >= 4 is 15.9 Å². The Morgan fingerprint density at radius 3 is 2.40 bits per heavy atom. The summed E-state index contributed by atoms with van der Waals surface area (Å²) in [5.74, 6) is 0.294. The lowest BCUT2D eigenvalue weighted by Gasteiger charge is -2.23. The molecule has 1 aliphatic rings. The maximum absolute atomic E-state index is 12.4. The summed E-state index contributed by atoms with van der Waals surface area (Å²) in [6.45, 7) is 4.85. The smallest absolute Gasteiger partial charge is 0.280 e. The highest BCUT2D eigenvalue weighted by Crippen LogP contribution is 2.30. The average Bonchev–Trinajstić information content (AvgIpc) is 3.20. The van der Waals surface area contributed by atoms with E-state index in [1.54, 1.807) is 16.4 Å². The molecule has 0 amide bonds. The normalized spacial score (nSPS) is 16.0. The van der Waals surface area contributed by atoms with Gasteiger partial charge in [0.2, 0.25) is 0 Å². The first-order valence-corrected chi connectivity index (χ1v) is 8.43. The van der Waals surface area contributed by atoms with Crippen LogP contribution in [0.4, 0.5) is 5.69 Å². The van der Waals surface area contributed by atoms with Crippen LogP contribution in [0, 0.1) is 5.92 Å². The van der Waals surface area contributed by atoms with Gasteiger partial charge in [-0.3, -0.25) is 0 Å². The van der Waals surface area contributed by atoms with E-state index in [1.165, 1.54) is 0 Å². The summed E-state index contributed by atoms with van der Waals surface area (Å²) in [5.41, 5.74) is 7.30. The number of hydrogen-bond acceptors (Lipinski definition) is 3. The van der Waals surface area contributed by atoms with Gasteiger partial charge in [-0.2, -0.15) is 12.7 Å². The third kappa shape index (κ3) is 4.19. The summed E-state index contributed by atoms with van der Waals surface area (Å²) in [6, 6.07) is 7.49. The monoisotopic (exact) mass is 297 g/mol. The Hall–Kier alpha value is -1.11. The predicted octanol–water partition coefficient (Wildman–Crippen LogP) is 1.72. The Morgan fingerprint density at radius 1 is 1.30 bits per heavy atom. The third-order valence-electron chi connectivity index (χ3n) is 3.25. The zero-order valence-corrected chi connectivity index (χ0v) is 12.9. The molecule has 6 heteroatoms. The molecule has 0 aromatic heterocycles. The van der Waals surface area contributed by atoms with Crippen molar-refractivity contribution < 1.29 is 8.42 Å². The van der Waals surface area contributed by atoms with Crippen molar-refractivity contribution in [2.45, 2.75) is 39.3 Å². The summed E-state index contributed by atoms with van der Waals surface area (Å²) < 4.78 is 29.0. The number of hydrogen-bond donors (Lipinski definition) is 2. The van der Waals surface area contributed by atoms with Crippen molar-refractivity contribution in [1.82, 2.24) is 9.03 Å². The summed E-state index contributed by atoms with van der Waals surface area (Å²) in [5, 5.41) is 0. The van der Waals surface area contributed by atoms with E-state index in [4.69, 9.17) is 5.73 Å². The number of nitrogens with zero attached hydrogens (tertiary/aromatic N) is 1. The lowest BCUT2D eigenvalue weighted by atomic mass is 10.2. The Kier molecular flexibility index (Phi) is 4.67. The molecule has 2 rings (SSSR count). The minimum atomic E-state index is -3.41. The van der Waals surface area contributed by atoms with Crippen molar-refractivity contribution in [2.24, 2.45) is 5.92 Å². The van der Waals surface area contributed by atoms with Crippen LogP contribution in [0.15, 0.2) is 24.3 Å². The zero-order chi connectivity index (χ0) is 14.8. The minimum Gasteiger partial charge on any atom is -0.399 e.